The van der Waals surface area contributed by atoms with Gasteiger partial charge in [-0.1, -0.05) is 6.07 Å². The van der Waals surface area contributed by atoms with E-state index in [1.54, 1.807) is 24.9 Å². The molecule has 3 aromatic heterocycles. The van der Waals surface area contributed by atoms with Crippen molar-refractivity contribution < 1.29 is 0 Å². The Morgan fingerprint density at radius 1 is 1.15 bits per heavy atom. The molecule has 0 spiro atoms. The maximum atomic E-state index is 4.46. The van der Waals surface area contributed by atoms with Crippen LogP contribution in [0.25, 0.3) is 5.82 Å². The minimum absolute atomic E-state index is 0.0849. The van der Waals surface area contributed by atoms with Gasteiger partial charge in [-0.15, -0.1) is 0 Å². The molecule has 0 aliphatic carbocycles. The number of nitrogens with one attached hydrogen (secondary N) is 1. The Hall–Kier alpha value is -2.76. The van der Waals surface area contributed by atoms with Gasteiger partial charge >= 0.3 is 0 Å². The van der Waals surface area contributed by atoms with Crippen LogP contribution in [0.2, 0.25) is 0 Å². The molecular weight excluding hydrogens is 252 g/mol. The summed E-state index contributed by atoms with van der Waals surface area (Å²) in [6.45, 7) is 2.05. The molecule has 0 aliphatic heterocycles. The van der Waals surface area contributed by atoms with Crippen LogP contribution in [0.3, 0.4) is 0 Å². The second kappa shape index (κ2) is 5.48. The third-order valence-corrected chi connectivity index (χ3v) is 2.94. The summed E-state index contributed by atoms with van der Waals surface area (Å²) in [6.07, 6.45) is 10.6. The van der Waals surface area contributed by atoms with Gasteiger partial charge in [-0.3, -0.25) is 9.55 Å². The summed E-state index contributed by atoms with van der Waals surface area (Å²) in [6, 6.07) is 5.85. The molecule has 0 aromatic carbocycles. The molecule has 1 N–H and O–H groups in total. The summed E-state index contributed by atoms with van der Waals surface area (Å²) in [5, 5.41) is 3.26. The molecule has 6 nitrogen and oxygen atoms in total. The zero-order valence-electron chi connectivity index (χ0n) is 11.0. The van der Waals surface area contributed by atoms with Gasteiger partial charge in [-0.2, -0.15) is 4.98 Å². The molecule has 1 unspecified atom stereocenters. The molecule has 3 rings (SSSR count). The van der Waals surface area contributed by atoms with E-state index in [4.69, 9.17) is 0 Å². The lowest BCUT2D eigenvalue weighted by Crippen LogP contribution is -2.10. The van der Waals surface area contributed by atoms with Crippen molar-refractivity contribution in [2.45, 2.75) is 13.0 Å². The van der Waals surface area contributed by atoms with Gasteiger partial charge < -0.3 is 5.32 Å². The topological polar surface area (TPSA) is 68.5 Å². The largest absolute Gasteiger partial charge is 0.348 e. The number of nitrogens with zero attached hydrogens (tertiary/aromatic N) is 5. The van der Waals surface area contributed by atoms with Crippen LogP contribution in [0.1, 0.15) is 18.5 Å². The van der Waals surface area contributed by atoms with Gasteiger partial charge in [0.1, 0.15) is 12.1 Å². The smallest absolute Gasteiger partial charge is 0.225 e. The average molecular weight is 266 g/mol. The van der Waals surface area contributed by atoms with E-state index >= 15 is 0 Å². The summed E-state index contributed by atoms with van der Waals surface area (Å²) in [5.74, 6) is 1.35. The van der Waals surface area contributed by atoms with Gasteiger partial charge in [0.25, 0.3) is 0 Å². The number of hydrogen-bond acceptors (Lipinski definition) is 5. The van der Waals surface area contributed by atoms with Crippen LogP contribution in [0.5, 0.6) is 0 Å². The predicted molar refractivity (Wildman–Crippen MR) is 75.4 cm³/mol. The standard InChI is InChI=1S/C14H14N6/c1-11(12-3-2-5-15-9-12)18-14-17-6-4-13(19-14)20-8-7-16-10-20/h2-11H,1H3,(H,17,18,19). The number of aromatic nitrogens is 5. The Balaban J connectivity index is 1.80. The lowest BCUT2D eigenvalue weighted by atomic mass is 10.1. The first-order valence-corrected chi connectivity index (χ1v) is 6.31. The van der Waals surface area contributed by atoms with E-state index in [1.807, 2.05) is 42.1 Å². The van der Waals surface area contributed by atoms with Crippen molar-refractivity contribution in [1.29, 1.82) is 0 Å². The minimum atomic E-state index is 0.0849. The first-order valence-electron chi connectivity index (χ1n) is 6.31. The van der Waals surface area contributed by atoms with E-state index in [-0.39, 0.29) is 6.04 Å². The van der Waals surface area contributed by atoms with E-state index in [9.17, 15) is 0 Å². The maximum Gasteiger partial charge on any atom is 0.225 e. The highest BCUT2D eigenvalue weighted by Crippen LogP contribution is 2.16. The van der Waals surface area contributed by atoms with Crippen molar-refractivity contribution in [2.75, 3.05) is 5.32 Å². The molecule has 20 heavy (non-hydrogen) atoms. The zero-order valence-corrected chi connectivity index (χ0v) is 11.0. The molecule has 0 saturated carbocycles. The van der Waals surface area contributed by atoms with E-state index in [2.05, 4.69) is 25.3 Å². The van der Waals surface area contributed by atoms with Crippen molar-refractivity contribution in [2.24, 2.45) is 0 Å². The van der Waals surface area contributed by atoms with Gasteiger partial charge in [0, 0.05) is 31.0 Å². The highest BCUT2D eigenvalue weighted by Gasteiger charge is 2.07. The molecule has 3 heterocycles. The van der Waals surface area contributed by atoms with E-state index in [0.29, 0.717) is 5.95 Å². The summed E-state index contributed by atoms with van der Waals surface area (Å²) >= 11 is 0. The average Bonchev–Trinajstić information content (AvgIpc) is 3.03. The van der Waals surface area contributed by atoms with Crippen LogP contribution in [-0.2, 0) is 0 Å². The Morgan fingerprint density at radius 2 is 2.10 bits per heavy atom. The fraction of sp³-hybridized carbons (Fsp3) is 0.143. The molecule has 0 amide bonds. The number of anilines is 1. The van der Waals surface area contributed by atoms with Crippen molar-refractivity contribution in [1.82, 2.24) is 24.5 Å². The van der Waals surface area contributed by atoms with Gasteiger partial charge in [0.2, 0.25) is 5.95 Å². The van der Waals surface area contributed by atoms with Gasteiger partial charge in [-0.25, -0.2) is 9.97 Å². The number of imidazole rings is 1. The van der Waals surface area contributed by atoms with Gasteiger partial charge in [0.15, 0.2) is 0 Å². The van der Waals surface area contributed by atoms with E-state index in [0.717, 1.165) is 11.4 Å². The molecule has 0 radical (unpaired) electrons. The summed E-state index contributed by atoms with van der Waals surface area (Å²) in [7, 11) is 0. The zero-order chi connectivity index (χ0) is 13.8. The Morgan fingerprint density at radius 3 is 2.85 bits per heavy atom. The molecule has 0 fully saturated rings. The lowest BCUT2D eigenvalue weighted by Gasteiger charge is -2.14. The summed E-state index contributed by atoms with van der Waals surface area (Å²) in [4.78, 5) is 16.8. The van der Waals surface area contributed by atoms with E-state index < -0.39 is 0 Å². The molecule has 3 aromatic rings. The molecule has 0 aliphatic rings. The first-order chi connectivity index (χ1) is 9.83. The van der Waals surface area contributed by atoms with Crippen LogP contribution in [0, 0.1) is 0 Å². The van der Waals surface area contributed by atoms with Crippen LogP contribution in [0.4, 0.5) is 5.95 Å². The van der Waals surface area contributed by atoms with Crippen LogP contribution in [-0.4, -0.2) is 24.5 Å². The van der Waals surface area contributed by atoms with Crippen molar-refractivity contribution >= 4 is 5.95 Å². The summed E-state index contributed by atoms with van der Waals surface area (Å²) < 4.78 is 1.83. The lowest BCUT2D eigenvalue weighted by molar-refractivity contribution is 0.846. The third-order valence-electron chi connectivity index (χ3n) is 2.94. The molecule has 0 bridgehead atoms. The predicted octanol–water partition coefficient (Wildman–Crippen LogP) is 2.23. The van der Waals surface area contributed by atoms with Gasteiger partial charge in [0.05, 0.1) is 6.04 Å². The maximum absolute atomic E-state index is 4.46. The fourth-order valence-corrected chi connectivity index (χ4v) is 1.87. The molecule has 100 valence electrons. The highest BCUT2D eigenvalue weighted by molar-refractivity contribution is 5.34. The van der Waals surface area contributed by atoms with E-state index in [1.165, 1.54) is 0 Å². The van der Waals surface area contributed by atoms with Crippen molar-refractivity contribution in [3.8, 4) is 5.82 Å². The SMILES string of the molecule is CC(Nc1nccc(-n2ccnc2)n1)c1cccnc1. The Labute approximate surface area is 116 Å². The molecule has 1 atom stereocenters. The Bertz CT molecular complexity index is 665. The quantitative estimate of drug-likeness (QED) is 0.784. The van der Waals surface area contributed by atoms with Crippen molar-refractivity contribution in [3.05, 3.63) is 61.1 Å². The molecule has 0 saturated heterocycles. The summed E-state index contributed by atoms with van der Waals surface area (Å²) in [5.41, 5.74) is 1.09. The van der Waals surface area contributed by atoms with Crippen LogP contribution >= 0.6 is 0 Å². The van der Waals surface area contributed by atoms with Crippen LogP contribution < -0.4 is 5.32 Å². The molecule has 6 heteroatoms. The monoisotopic (exact) mass is 266 g/mol. The highest BCUT2D eigenvalue weighted by atomic mass is 15.2. The normalized spacial score (nSPS) is 12.1. The number of hydrogen-bond donors (Lipinski definition) is 1. The van der Waals surface area contributed by atoms with Crippen molar-refractivity contribution in [3.63, 3.8) is 0 Å². The fourth-order valence-electron chi connectivity index (χ4n) is 1.87. The second-order valence-corrected chi connectivity index (χ2v) is 4.36. The molecular formula is C14H14N6. The number of rotatable bonds is 4. The van der Waals surface area contributed by atoms with Gasteiger partial charge in [-0.05, 0) is 24.6 Å². The second-order valence-electron chi connectivity index (χ2n) is 4.36. The van der Waals surface area contributed by atoms with Crippen LogP contribution in [0.15, 0.2) is 55.5 Å². The third kappa shape index (κ3) is 2.64. The Kier molecular flexibility index (Phi) is 3.36. The minimum Gasteiger partial charge on any atom is -0.348 e. The first kappa shape index (κ1) is 12.3. The number of pyridine rings is 1.